The highest BCUT2D eigenvalue weighted by atomic mass is 32.2. The maximum absolute atomic E-state index is 3.66. The molecular weight excluding hydrogens is 228 g/mol. The van der Waals surface area contributed by atoms with Crippen LogP contribution in [0.15, 0.2) is 35.2 Å². The third kappa shape index (κ3) is 4.70. The van der Waals surface area contributed by atoms with Gasteiger partial charge in [0.15, 0.2) is 0 Å². The number of likely N-dealkylation sites (tertiary alicyclic amines) is 1. The van der Waals surface area contributed by atoms with E-state index in [9.17, 15) is 0 Å². The summed E-state index contributed by atoms with van der Waals surface area (Å²) in [5.74, 6) is 1.16. The minimum atomic E-state index is 0.699. The molecule has 0 aromatic heterocycles. The first kappa shape index (κ1) is 12.9. The van der Waals surface area contributed by atoms with Crippen LogP contribution in [0.1, 0.15) is 12.8 Å². The van der Waals surface area contributed by atoms with E-state index in [0.29, 0.717) is 6.04 Å². The fourth-order valence-corrected chi connectivity index (χ4v) is 3.09. The molecule has 1 aliphatic rings. The smallest absolute Gasteiger partial charge is 0.0195 e. The van der Waals surface area contributed by atoms with Crippen molar-refractivity contribution >= 4 is 11.8 Å². The third-order valence-corrected chi connectivity index (χ3v) is 4.19. The molecule has 1 fully saturated rings. The molecule has 94 valence electrons. The van der Waals surface area contributed by atoms with E-state index in [2.05, 4.69) is 47.6 Å². The van der Waals surface area contributed by atoms with E-state index in [4.69, 9.17) is 0 Å². The Bertz CT molecular complexity index is 315. The van der Waals surface area contributed by atoms with Gasteiger partial charge in [-0.2, -0.15) is 0 Å². The van der Waals surface area contributed by atoms with E-state index >= 15 is 0 Å². The summed E-state index contributed by atoms with van der Waals surface area (Å²) in [7, 11) is 2.21. The maximum atomic E-state index is 3.66. The van der Waals surface area contributed by atoms with Crippen molar-refractivity contribution in [2.45, 2.75) is 23.8 Å². The van der Waals surface area contributed by atoms with Crippen LogP contribution >= 0.6 is 11.8 Å². The van der Waals surface area contributed by atoms with Crippen molar-refractivity contribution < 1.29 is 0 Å². The second-order valence-corrected chi connectivity index (χ2v) is 5.89. The van der Waals surface area contributed by atoms with E-state index in [-0.39, 0.29) is 0 Å². The van der Waals surface area contributed by atoms with Gasteiger partial charge in [0.1, 0.15) is 0 Å². The second kappa shape index (κ2) is 7.04. The van der Waals surface area contributed by atoms with E-state index in [0.717, 1.165) is 12.3 Å². The molecule has 17 heavy (non-hydrogen) atoms. The van der Waals surface area contributed by atoms with Crippen molar-refractivity contribution in [3.05, 3.63) is 30.3 Å². The lowest BCUT2D eigenvalue weighted by atomic mass is 10.1. The van der Waals surface area contributed by atoms with Gasteiger partial charge in [0, 0.05) is 29.8 Å². The van der Waals surface area contributed by atoms with E-state index in [1.54, 1.807) is 0 Å². The van der Waals surface area contributed by atoms with Crippen molar-refractivity contribution in [3.63, 3.8) is 0 Å². The second-order valence-electron chi connectivity index (χ2n) is 4.72. The lowest BCUT2D eigenvalue weighted by molar-refractivity contribution is 0.229. The average molecular weight is 250 g/mol. The summed E-state index contributed by atoms with van der Waals surface area (Å²) in [6.45, 7) is 3.57. The Morgan fingerprint density at radius 2 is 2.18 bits per heavy atom. The van der Waals surface area contributed by atoms with Gasteiger partial charge in [-0.15, -0.1) is 11.8 Å². The van der Waals surface area contributed by atoms with E-state index in [1.807, 2.05) is 11.8 Å². The fourth-order valence-electron chi connectivity index (χ4n) is 2.28. The number of nitrogens with zero attached hydrogens (tertiary/aromatic N) is 1. The Morgan fingerprint density at radius 3 is 2.94 bits per heavy atom. The van der Waals surface area contributed by atoms with Gasteiger partial charge >= 0.3 is 0 Å². The zero-order valence-corrected chi connectivity index (χ0v) is 11.4. The van der Waals surface area contributed by atoms with Crippen LogP contribution in [0.4, 0.5) is 0 Å². The summed E-state index contributed by atoms with van der Waals surface area (Å²) in [6, 6.07) is 11.3. The minimum Gasteiger partial charge on any atom is -0.312 e. The Kier molecular flexibility index (Phi) is 5.36. The molecule has 0 bridgehead atoms. The number of nitrogens with one attached hydrogen (secondary N) is 1. The van der Waals surface area contributed by atoms with Crippen molar-refractivity contribution in [1.29, 1.82) is 0 Å². The predicted octanol–water partition coefficient (Wildman–Crippen LogP) is 2.46. The largest absolute Gasteiger partial charge is 0.312 e. The molecule has 1 aromatic carbocycles. The quantitative estimate of drug-likeness (QED) is 0.638. The van der Waals surface area contributed by atoms with Crippen molar-refractivity contribution in [2.75, 3.05) is 32.4 Å². The van der Waals surface area contributed by atoms with Crippen LogP contribution in [0, 0.1) is 0 Å². The number of hydrogen-bond acceptors (Lipinski definition) is 3. The van der Waals surface area contributed by atoms with Crippen molar-refractivity contribution in [2.24, 2.45) is 0 Å². The summed E-state index contributed by atoms with van der Waals surface area (Å²) < 4.78 is 0. The zero-order valence-electron chi connectivity index (χ0n) is 10.6. The molecule has 0 aliphatic carbocycles. The maximum Gasteiger partial charge on any atom is 0.0195 e. The van der Waals surface area contributed by atoms with Crippen LogP contribution in [0.2, 0.25) is 0 Å². The van der Waals surface area contributed by atoms with Crippen LogP contribution in [0.5, 0.6) is 0 Å². The monoisotopic (exact) mass is 250 g/mol. The third-order valence-electron chi connectivity index (χ3n) is 3.17. The number of rotatable bonds is 5. The zero-order chi connectivity index (χ0) is 11.9. The van der Waals surface area contributed by atoms with E-state index in [1.165, 1.54) is 30.8 Å². The van der Waals surface area contributed by atoms with Crippen LogP contribution in [0.25, 0.3) is 0 Å². The average Bonchev–Trinajstić information content (AvgIpc) is 2.36. The fraction of sp³-hybridized carbons (Fsp3) is 0.571. The molecule has 0 radical (unpaired) electrons. The van der Waals surface area contributed by atoms with Gasteiger partial charge in [0.25, 0.3) is 0 Å². The molecule has 1 N–H and O–H groups in total. The van der Waals surface area contributed by atoms with Gasteiger partial charge in [0.05, 0.1) is 0 Å². The first-order valence-electron chi connectivity index (χ1n) is 6.44. The number of benzene rings is 1. The van der Waals surface area contributed by atoms with Gasteiger partial charge in [0.2, 0.25) is 0 Å². The highest BCUT2D eigenvalue weighted by molar-refractivity contribution is 7.99. The van der Waals surface area contributed by atoms with E-state index < -0.39 is 0 Å². The molecule has 1 heterocycles. The van der Waals surface area contributed by atoms with Crippen LogP contribution in [-0.4, -0.2) is 43.4 Å². The SMILES string of the molecule is CN1CCCC(NCCSc2ccccc2)C1. The van der Waals surface area contributed by atoms with Crippen molar-refractivity contribution in [3.8, 4) is 0 Å². The van der Waals surface area contributed by atoms with Gasteiger partial charge < -0.3 is 10.2 Å². The Balaban J connectivity index is 1.60. The lowest BCUT2D eigenvalue weighted by Gasteiger charge is -2.30. The molecular formula is C14H22N2S. The van der Waals surface area contributed by atoms with Crippen LogP contribution in [-0.2, 0) is 0 Å². The minimum absolute atomic E-state index is 0.699. The molecule has 1 aliphatic heterocycles. The molecule has 1 aromatic rings. The molecule has 1 saturated heterocycles. The topological polar surface area (TPSA) is 15.3 Å². The summed E-state index contributed by atoms with van der Waals surface area (Å²) in [4.78, 5) is 3.79. The van der Waals surface area contributed by atoms with Gasteiger partial charge in [-0.3, -0.25) is 0 Å². The Morgan fingerprint density at radius 1 is 1.35 bits per heavy atom. The summed E-state index contributed by atoms with van der Waals surface area (Å²) in [6.07, 6.45) is 2.67. The molecule has 1 unspecified atom stereocenters. The number of likely N-dealkylation sites (N-methyl/N-ethyl adjacent to an activating group) is 1. The Labute approximate surface area is 109 Å². The van der Waals surface area contributed by atoms with Crippen LogP contribution in [0.3, 0.4) is 0 Å². The van der Waals surface area contributed by atoms with Gasteiger partial charge in [-0.25, -0.2) is 0 Å². The number of piperidine rings is 1. The van der Waals surface area contributed by atoms with Gasteiger partial charge in [-0.1, -0.05) is 18.2 Å². The van der Waals surface area contributed by atoms with Crippen LogP contribution < -0.4 is 5.32 Å². The standard InChI is InChI=1S/C14H22N2S/c1-16-10-5-6-13(12-16)15-9-11-17-14-7-3-2-4-8-14/h2-4,7-8,13,15H,5-6,9-12H2,1H3. The first-order valence-corrected chi connectivity index (χ1v) is 7.43. The summed E-state index contributed by atoms with van der Waals surface area (Å²) in [5, 5.41) is 3.66. The summed E-state index contributed by atoms with van der Waals surface area (Å²) >= 11 is 1.93. The van der Waals surface area contributed by atoms with Gasteiger partial charge in [-0.05, 0) is 38.6 Å². The molecule has 2 nitrogen and oxygen atoms in total. The molecule has 0 saturated carbocycles. The lowest BCUT2D eigenvalue weighted by Crippen LogP contribution is -2.44. The Hall–Kier alpha value is -0.510. The first-order chi connectivity index (χ1) is 8.34. The molecule has 0 amide bonds. The molecule has 0 spiro atoms. The predicted molar refractivity (Wildman–Crippen MR) is 75.7 cm³/mol. The molecule has 3 heteroatoms. The normalized spacial score (nSPS) is 21.6. The molecule has 1 atom stereocenters. The summed E-state index contributed by atoms with van der Waals surface area (Å²) in [5.41, 5.74) is 0. The molecule has 2 rings (SSSR count). The highest BCUT2D eigenvalue weighted by Gasteiger charge is 2.15. The number of thioether (sulfide) groups is 1. The highest BCUT2D eigenvalue weighted by Crippen LogP contribution is 2.16. The van der Waals surface area contributed by atoms with Crippen molar-refractivity contribution in [1.82, 2.24) is 10.2 Å². The number of hydrogen-bond donors (Lipinski definition) is 1.